The fraction of sp³-hybridized carbons (Fsp3) is 0.333. The fourth-order valence-electron chi connectivity index (χ4n) is 3.04. The SMILES string of the molecule is COc1ccc2c(C)nc(Nc3nc(C)c(C)c(=O)[nH]3)nc2c1SCC(NC(C)=O)OC=O. The van der Waals surface area contributed by atoms with E-state index in [1.807, 2.05) is 13.0 Å². The second-order valence-corrected chi connectivity index (χ2v) is 8.14. The Morgan fingerprint density at radius 1 is 1.21 bits per heavy atom. The molecule has 174 valence electrons. The largest absolute Gasteiger partial charge is 0.496 e. The highest BCUT2D eigenvalue weighted by Gasteiger charge is 2.18. The van der Waals surface area contributed by atoms with Crippen LogP contribution in [-0.4, -0.2) is 51.4 Å². The van der Waals surface area contributed by atoms with E-state index in [1.165, 1.54) is 25.8 Å². The van der Waals surface area contributed by atoms with Crippen LogP contribution in [0.2, 0.25) is 0 Å². The Balaban J connectivity index is 2.02. The number of carbonyl (C=O) groups excluding carboxylic acids is 2. The first-order valence-electron chi connectivity index (χ1n) is 9.92. The number of nitrogens with zero attached hydrogens (tertiary/aromatic N) is 3. The molecule has 3 aromatic rings. The highest BCUT2D eigenvalue weighted by Crippen LogP contribution is 2.37. The summed E-state index contributed by atoms with van der Waals surface area (Å²) in [5.74, 6) is 0.924. The standard InChI is InChI=1S/C21H24N6O5S/c1-10-11(2)22-21(26-19(10)30)27-20-23-12(3)14-6-7-15(31-5)18(17(14)25-20)33-8-16(32-9-28)24-13(4)29/h6-7,9,16H,8H2,1-5H3,(H,24,29)(H2,22,23,25,26,27,30). The molecule has 0 spiro atoms. The number of anilines is 2. The molecule has 3 rings (SSSR count). The van der Waals surface area contributed by atoms with Crippen molar-refractivity contribution in [2.45, 2.75) is 38.8 Å². The van der Waals surface area contributed by atoms with Gasteiger partial charge in [0.25, 0.3) is 12.0 Å². The molecule has 1 unspecified atom stereocenters. The summed E-state index contributed by atoms with van der Waals surface area (Å²) in [5, 5.41) is 6.31. The van der Waals surface area contributed by atoms with E-state index < -0.39 is 6.23 Å². The minimum absolute atomic E-state index is 0.226. The van der Waals surface area contributed by atoms with Gasteiger partial charge >= 0.3 is 0 Å². The zero-order valence-electron chi connectivity index (χ0n) is 18.8. The zero-order valence-corrected chi connectivity index (χ0v) is 19.6. The number of aromatic nitrogens is 4. The Hall–Kier alpha value is -3.67. The number of rotatable bonds is 9. The zero-order chi connectivity index (χ0) is 24.1. The first-order chi connectivity index (χ1) is 15.7. The number of aromatic amines is 1. The van der Waals surface area contributed by atoms with Gasteiger partial charge < -0.3 is 14.8 Å². The molecule has 0 fully saturated rings. The molecule has 0 saturated carbocycles. The van der Waals surface area contributed by atoms with Crippen molar-refractivity contribution >= 4 is 46.9 Å². The maximum atomic E-state index is 12.1. The summed E-state index contributed by atoms with van der Waals surface area (Å²) >= 11 is 1.31. The number of hydrogen-bond acceptors (Lipinski definition) is 10. The first-order valence-corrected chi connectivity index (χ1v) is 10.9. The Kier molecular flexibility index (Phi) is 7.48. The van der Waals surface area contributed by atoms with Crippen LogP contribution in [0.3, 0.4) is 0 Å². The van der Waals surface area contributed by atoms with Crippen molar-refractivity contribution in [3.05, 3.63) is 39.4 Å². The molecule has 0 saturated heterocycles. The summed E-state index contributed by atoms with van der Waals surface area (Å²) in [5.41, 5.74) is 2.16. The van der Waals surface area contributed by atoms with Gasteiger partial charge in [0, 0.05) is 23.6 Å². The van der Waals surface area contributed by atoms with Crippen molar-refractivity contribution in [3.8, 4) is 5.75 Å². The molecule has 2 heterocycles. The molecule has 1 atom stereocenters. The van der Waals surface area contributed by atoms with Crippen LogP contribution >= 0.6 is 11.8 Å². The molecule has 12 heteroatoms. The van der Waals surface area contributed by atoms with Crippen LogP contribution in [0.25, 0.3) is 10.9 Å². The van der Waals surface area contributed by atoms with E-state index in [0.717, 1.165) is 5.39 Å². The third kappa shape index (κ3) is 5.58. The number of hydrogen-bond donors (Lipinski definition) is 3. The Morgan fingerprint density at radius 2 is 1.97 bits per heavy atom. The molecule has 11 nitrogen and oxygen atoms in total. The van der Waals surface area contributed by atoms with E-state index >= 15 is 0 Å². The van der Waals surface area contributed by atoms with Gasteiger partial charge in [-0.25, -0.2) is 15.0 Å². The number of H-pyrrole nitrogens is 1. The average Bonchev–Trinajstić information content (AvgIpc) is 2.75. The third-order valence-corrected chi connectivity index (χ3v) is 5.94. The molecule has 2 aromatic heterocycles. The molecule has 3 N–H and O–H groups in total. The first kappa shape index (κ1) is 24.0. The Labute approximate surface area is 193 Å². The van der Waals surface area contributed by atoms with Crippen molar-refractivity contribution in [2.75, 3.05) is 18.2 Å². The lowest BCUT2D eigenvalue weighted by molar-refractivity contribution is -0.136. The topological polar surface area (TPSA) is 148 Å². The number of benzene rings is 1. The van der Waals surface area contributed by atoms with Crippen LogP contribution in [0.1, 0.15) is 23.9 Å². The molecule has 0 aliphatic heterocycles. The number of ether oxygens (including phenoxy) is 2. The summed E-state index contributed by atoms with van der Waals surface area (Å²) < 4.78 is 10.5. The van der Waals surface area contributed by atoms with Gasteiger partial charge in [-0.2, -0.15) is 0 Å². The molecule has 0 radical (unpaired) electrons. The number of aryl methyl sites for hydroxylation is 2. The minimum Gasteiger partial charge on any atom is -0.496 e. The molecule has 33 heavy (non-hydrogen) atoms. The summed E-state index contributed by atoms with van der Waals surface area (Å²) in [6.07, 6.45) is -0.824. The van der Waals surface area contributed by atoms with Crippen LogP contribution in [0, 0.1) is 20.8 Å². The molecule has 1 amide bonds. The van der Waals surface area contributed by atoms with E-state index in [2.05, 4.69) is 30.6 Å². The number of nitrogens with one attached hydrogen (secondary N) is 3. The van der Waals surface area contributed by atoms with E-state index in [0.29, 0.717) is 33.1 Å². The number of fused-ring (bicyclic) bond motifs is 1. The molecule has 0 aliphatic rings. The van der Waals surface area contributed by atoms with Gasteiger partial charge in [0.15, 0.2) is 6.23 Å². The second-order valence-electron chi connectivity index (χ2n) is 7.11. The maximum Gasteiger partial charge on any atom is 0.295 e. The molecule has 0 aliphatic carbocycles. The van der Waals surface area contributed by atoms with E-state index in [9.17, 15) is 14.4 Å². The quantitative estimate of drug-likeness (QED) is 0.240. The summed E-state index contributed by atoms with van der Waals surface area (Å²) in [4.78, 5) is 51.1. The lowest BCUT2D eigenvalue weighted by Crippen LogP contribution is -2.37. The molecule has 1 aromatic carbocycles. The Morgan fingerprint density at radius 3 is 2.61 bits per heavy atom. The third-order valence-electron chi connectivity index (χ3n) is 4.78. The maximum absolute atomic E-state index is 12.1. The normalized spacial score (nSPS) is 11.7. The van der Waals surface area contributed by atoms with E-state index in [1.54, 1.807) is 19.9 Å². The van der Waals surface area contributed by atoms with Crippen molar-refractivity contribution in [1.29, 1.82) is 0 Å². The van der Waals surface area contributed by atoms with Crippen LogP contribution in [0.5, 0.6) is 5.75 Å². The lowest BCUT2D eigenvalue weighted by Gasteiger charge is -2.17. The van der Waals surface area contributed by atoms with E-state index in [-0.39, 0.29) is 35.6 Å². The number of methoxy groups -OCH3 is 1. The lowest BCUT2D eigenvalue weighted by atomic mass is 10.2. The van der Waals surface area contributed by atoms with Crippen molar-refractivity contribution in [2.24, 2.45) is 0 Å². The van der Waals surface area contributed by atoms with Crippen LogP contribution in [0.15, 0.2) is 21.8 Å². The molecule has 0 bridgehead atoms. The summed E-state index contributed by atoms with van der Waals surface area (Å²) in [7, 11) is 1.54. The van der Waals surface area contributed by atoms with Gasteiger partial charge in [0.05, 0.1) is 29.0 Å². The predicted octanol–water partition coefficient (Wildman–Crippen LogP) is 2.12. The van der Waals surface area contributed by atoms with E-state index in [4.69, 9.17) is 9.47 Å². The summed E-state index contributed by atoms with van der Waals surface area (Å²) in [6, 6.07) is 3.64. The van der Waals surface area contributed by atoms with Crippen molar-refractivity contribution in [1.82, 2.24) is 25.3 Å². The van der Waals surface area contributed by atoms with Gasteiger partial charge in [-0.05, 0) is 32.9 Å². The fourth-order valence-corrected chi connectivity index (χ4v) is 4.11. The van der Waals surface area contributed by atoms with Crippen LogP contribution in [0.4, 0.5) is 11.9 Å². The highest BCUT2D eigenvalue weighted by molar-refractivity contribution is 7.99. The van der Waals surface area contributed by atoms with Gasteiger partial charge in [-0.15, -0.1) is 11.8 Å². The van der Waals surface area contributed by atoms with Gasteiger partial charge in [0.1, 0.15) is 5.75 Å². The monoisotopic (exact) mass is 472 g/mol. The van der Waals surface area contributed by atoms with Crippen LogP contribution < -0.4 is 20.9 Å². The second kappa shape index (κ2) is 10.3. The number of amides is 1. The smallest absolute Gasteiger partial charge is 0.295 e. The Bertz CT molecular complexity index is 1260. The molecular weight excluding hydrogens is 448 g/mol. The highest BCUT2D eigenvalue weighted by atomic mass is 32.2. The average molecular weight is 473 g/mol. The summed E-state index contributed by atoms with van der Waals surface area (Å²) in [6.45, 7) is 6.90. The van der Waals surface area contributed by atoms with Crippen molar-refractivity contribution in [3.63, 3.8) is 0 Å². The minimum atomic E-state index is -0.824. The number of carbonyl (C=O) groups is 2. The van der Waals surface area contributed by atoms with Gasteiger partial charge in [-0.3, -0.25) is 24.7 Å². The van der Waals surface area contributed by atoms with Gasteiger partial charge in [-0.1, -0.05) is 0 Å². The predicted molar refractivity (Wildman–Crippen MR) is 124 cm³/mol. The van der Waals surface area contributed by atoms with Gasteiger partial charge in [0.2, 0.25) is 17.8 Å². The molecular formula is C21H24N6O5S. The number of thioether (sulfide) groups is 1. The van der Waals surface area contributed by atoms with Crippen molar-refractivity contribution < 1.29 is 19.1 Å². The van der Waals surface area contributed by atoms with Crippen LogP contribution in [-0.2, 0) is 14.3 Å².